The van der Waals surface area contributed by atoms with Crippen molar-refractivity contribution >= 4 is 17.8 Å². The Kier molecular flexibility index (Phi) is 42.2. The number of unbranched alkanes of at least 4 members (excludes halogenated alkanes) is 25. The molecule has 0 saturated carbocycles. The number of aliphatic hydroxyl groups is 1. The molecule has 0 radical (unpaired) electrons. The van der Waals surface area contributed by atoms with Crippen molar-refractivity contribution < 1.29 is 29.0 Å². The first kappa shape index (κ1) is 60.5. The fourth-order valence-electron chi connectivity index (χ4n) is 8.66. The fourth-order valence-corrected chi connectivity index (χ4v) is 8.66. The summed E-state index contributed by atoms with van der Waals surface area (Å²) in [5, 5.41) is 14.0. The van der Waals surface area contributed by atoms with Crippen LogP contribution >= 0.6 is 0 Å². The number of aliphatic hydroxyl groups excluding tert-OH is 1. The van der Waals surface area contributed by atoms with E-state index in [0.717, 1.165) is 122 Å². The minimum atomic E-state index is -0.627. The summed E-state index contributed by atoms with van der Waals surface area (Å²) in [5.74, 6) is -0.276. The van der Waals surface area contributed by atoms with Crippen LogP contribution in [0.3, 0.4) is 0 Å². The first-order valence-corrected chi connectivity index (χ1v) is 27.5. The summed E-state index contributed by atoms with van der Waals surface area (Å²) in [5.41, 5.74) is 6.89. The van der Waals surface area contributed by atoms with Gasteiger partial charge in [-0.25, -0.2) is 4.98 Å². The smallest absolute Gasteiger partial charge is 0.306 e. The maximum absolute atomic E-state index is 12.9. The molecule has 1 aromatic heterocycles. The maximum Gasteiger partial charge on any atom is 0.306 e. The molecule has 2 atom stereocenters. The van der Waals surface area contributed by atoms with Crippen molar-refractivity contribution in [3.8, 4) is 0 Å². The highest BCUT2D eigenvalue weighted by Crippen LogP contribution is 2.19. The number of carbonyl (C=O) groups excluding carboxylic acids is 3. The molecule has 0 aliphatic rings. The monoisotopic (exact) mass is 918 g/mol. The molecule has 1 amide bonds. The van der Waals surface area contributed by atoms with E-state index >= 15 is 0 Å². The molecule has 0 aliphatic heterocycles. The number of nitrogens with one attached hydrogen (secondary N) is 2. The summed E-state index contributed by atoms with van der Waals surface area (Å²) in [6.45, 7) is 10.3. The number of imidazole rings is 1. The highest BCUT2D eigenvalue weighted by molar-refractivity contribution is 5.81. The van der Waals surface area contributed by atoms with Gasteiger partial charge in [0, 0.05) is 44.2 Å². The number of hydrogen-bond donors (Lipinski definition) is 4. The molecule has 11 heteroatoms. The molecular formula is C54H103N5O6. The van der Waals surface area contributed by atoms with E-state index in [9.17, 15) is 19.5 Å². The number of nitrogens with two attached hydrogens (primary N) is 1. The van der Waals surface area contributed by atoms with Crippen LogP contribution in [0.2, 0.25) is 0 Å². The van der Waals surface area contributed by atoms with Gasteiger partial charge in [-0.2, -0.15) is 0 Å². The Morgan fingerprint density at radius 1 is 0.631 bits per heavy atom. The quantitative estimate of drug-likeness (QED) is 0.0368. The number of amides is 1. The average Bonchev–Trinajstić information content (AvgIpc) is 3.81. The standard InChI is InChI=1S/C54H103N5O6/c1-4-7-10-13-16-17-18-24-34-43-64-52(61)38-29-25-33-42-59(46-49(60)35-30-31-40-57-54(63)51(55)44-48-45-56-47-58-48)41-32-23-19-22-28-39-53(62)65-50(36-26-20-14-11-8-5-2)37-27-21-15-12-9-6-3/h45,47,49-51,60H,4-44,46,55H2,1-3H3,(H,56,58)(H,57,63)/t49?,51-/m0/s1. The van der Waals surface area contributed by atoms with E-state index in [1.807, 2.05) is 0 Å². The van der Waals surface area contributed by atoms with Gasteiger partial charge in [0.2, 0.25) is 5.91 Å². The number of hydrogen-bond acceptors (Lipinski definition) is 9. The van der Waals surface area contributed by atoms with Crippen molar-refractivity contribution in [2.45, 2.75) is 277 Å². The van der Waals surface area contributed by atoms with Gasteiger partial charge in [-0.05, 0) is 90.1 Å². The molecule has 380 valence electrons. The summed E-state index contributed by atoms with van der Waals surface area (Å²) in [6.07, 6.45) is 42.8. The number of nitrogens with zero attached hydrogens (tertiary/aromatic N) is 2. The zero-order valence-corrected chi connectivity index (χ0v) is 42.5. The third-order valence-corrected chi connectivity index (χ3v) is 12.8. The number of carbonyl (C=O) groups is 3. The number of ether oxygens (including phenoxy) is 2. The number of rotatable bonds is 49. The molecule has 0 aromatic carbocycles. The van der Waals surface area contributed by atoms with Crippen LogP contribution in [0.15, 0.2) is 12.5 Å². The van der Waals surface area contributed by atoms with Crippen molar-refractivity contribution in [2.24, 2.45) is 5.73 Å². The molecule has 0 bridgehead atoms. The van der Waals surface area contributed by atoms with Crippen molar-refractivity contribution in [3.63, 3.8) is 0 Å². The molecule has 0 fully saturated rings. The summed E-state index contributed by atoms with van der Waals surface area (Å²) in [7, 11) is 0. The van der Waals surface area contributed by atoms with Gasteiger partial charge in [-0.15, -0.1) is 0 Å². The lowest BCUT2D eigenvalue weighted by molar-refractivity contribution is -0.150. The second-order valence-corrected chi connectivity index (χ2v) is 19.2. The molecule has 5 N–H and O–H groups in total. The van der Waals surface area contributed by atoms with Crippen LogP contribution in [-0.4, -0.2) is 88.9 Å². The number of aromatic nitrogens is 2. The average molecular weight is 918 g/mol. The van der Waals surface area contributed by atoms with E-state index in [-0.39, 0.29) is 23.9 Å². The fraction of sp³-hybridized carbons (Fsp3) is 0.889. The third-order valence-electron chi connectivity index (χ3n) is 12.8. The van der Waals surface area contributed by atoms with Gasteiger partial charge in [-0.1, -0.05) is 162 Å². The van der Waals surface area contributed by atoms with Crippen molar-refractivity contribution in [2.75, 3.05) is 32.8 Å². The van der Waals surface area contributed by atoms with Crippen molar-refractivity contribution in [1.29, 1.82) is 0 Å². The van der Waals surface area contributed by atoms with E-state index in [4.69, 9.17) is 15.2 Å². The van der Waals surface area contributed by atoms with Crippen molar-refractivity contribution in [1.82, 2.24) is 20.2 Å². The summed E-state index contributed by atoms with van der Waals surface area (Å²) >= 11 is 0. The summed E-state index contributed by atoms with van der Waals surface area (Å²) in [6, 6.07) is -0.627. The SMILES string of the molecule is CCCCCCCCCCCOC(=O)CCCCCN(CCCCCCCC(=O)OC(CCCCCCCC)CCCCCCCC)CC(O)CCCCNC(=O)[C@@H](N)Cc1cnc[nH]1. The Morgan fingerprint density at radius 2 is 1.11 bits per heavy atom. The normalized spacial score (nSPS) is 12.5. The first-order valence-electron chi connectivity index (χ1n) is 27.5. The van der Waals surface area contributed by atoms with Crippen LogP contribution in [0.1, 0.15) is 258 Å². The van der Waals surface area contributed by atoms with Crippen LogP contribution in [0, 0.1) is 0 Å². The van der Waals surface area contributed by atoms with Gasteiger partial charge in [-0.3, -0.25) is 14.4 Å². The highest BCUT2D eigenvalue weighted by atomic mass is 16.5. The minimum absolute atomic E-state index is 0.0181. The highest BCUT2D eigenvalue weighted by Gasteiger charge is 2.17. The Balaban J connectivity index is 2.43. The zero-order chi connectivity index (χ0) is 47.3. The van der Waals surface area contributed by atoms with E-state index in [0.29, 0.717) is 45.4 Å². The molecular weight excluding hydrogens is 815 g/mol. The van der Waals surface area contributed by atoms with Gasteiger partial charge in [0.05, 0.1) is 25.1 Å². The Hall–Kier alpha value is -2.50. The maximum atomic E-state index is 12.9. The second kappa shape index (κ2) is 45.3. The van der Waals surface area contributed by atoms with Crippen LogP contribution < -0.4 is 11.1 Å². The summed E-state index contributed by atoms with van der Waals surface area (Å²) in [4.78, 5) is 47.0. The van der Waals surface area contributed by atoms with E-state index < -0.39 is 12.1 Å². The van der Waals surface area contributed by atoms with Crippen LogP contribution in [-0.2, 0) is 30.3 Å². The Morgan fingerprint density at radius 3 is 1.66 bits per heavy atom. The number of esters is 2. The predicted octanol–water partition coefficient (Wildman–Crippen LogP) is 12.6. The topological polar surface area (TPSA) is 160 Å². The second-order valence-electron chi connectivity index (χ2n) is 19.2. The Bertz CT molecular complexity index is 1190. The van der Waals surface area contributed by atoms with Gasteiger partial charge in [0.15, 0.2) is 0 Å². The zero-order valence-electron chi connectivity index (χ0n) is 42.5. The first-order chi connectivity index (χ1) is 31.8. The van der Waals surface area contributed by atoms with Gasteiger partial charge in [0.1, 0.15) is 6.10 Å². The molecule has 1 aromatic rings. The number of aromatic amines is 1. The Labute approximate surface area is 399 Å². The lowest BCUT2D eigenvalue weighted by atomic mass is 10.0. The summed E-state index contributed by atoms with van der Waals surface area (Å²) < 4.78 is 11.6. The molecule has 1 unspecified atom stereocenters. The molecule has 11 nitrogen and oxygen atoms in total. The van der Waals surface area contributed by atoms with E-state index in [2.05, 4.69) is 41.0 Å². The van der Waals surface area contributed by atoms with Crippen molar-refractivity contribution in [3.05, 3.63) is 18.2 Å². The van der Waals surface area contributed by atoms with E-state index in [1.165, 1.54) is 109 Å². The minimum Gasteiger partial charge on any atom is -0.466 e. The molecule has 0 aliphatic carbocycles. The molecule has 65 heavy (non-hydrogen) atoms. The van der Waals surface area contributed by atoms with Crippen LogP contribution in [0.5, 0.6) is 0 Å². The van der Waals surface area contributed by atoms with Crippen LogP contribution in [0.4, 0.5) is 0 Å². The van der Waals surface area contributed by atoms with E-state index in [1.54, 1.807) is 12.5 Å². The predicted molar refractivity (Wildman–Crippen MR) is 270 cm³/mol. The van der Waals surface area contributed by atoms with Crippen LogP contribution in [0.25, 0.3) is 0 Å². The molecule has 0 spiro atoms. The van der Waals surface area contributed by atoms with Gasteiger partial charge >= 0.3 is 11.9 Å². The van der Waals surface area contributed by atoms with Gasteiger partial charge < -0.3 is 35.5 Å². The lowest BCUT2D eigenvalue weighted by Gasteiger charge is -2.25. The largest absolute Gasteiger partial charge is 0.466 e. The van der Waals surface area contributed by atoms with Gasteiger partial charge in [0.25, 0.3) is 0 Å². The molecule has 1 rings (SSSR count). The third kappa shape index (κ3) is 39.2. The molecule has 0 saturated heterocycles. The lowest BCUT2D eigenvalue weighted by Crippen LogP contribution is -2.42. The molecule has 1 heterocycles. The number of H-pyrrole nitrogens is 1.